The Hall–Kier alpha value is -1.87. The van der Waals surface area contributed by atoms with Crippen LogP contribution in [-0.4, -0.2) is 40.0 Å². The number of carbonyl (C=O) groups is 2. The molecule has 0 aliphatic heterocycles. The van der Waals surface area contributed by atoms with Gasteiger partial charge in [0.1, 0.15) is 16.7 Å². The van der Waals surface area contributed by atoms with Crippen molar-refractivity contribution in [3.05, 3.63) is 5.56 Å². The van der Waals surface area contributed by atoms with Gasteiger partial charge in [-0.1, -0.05) is 0 Å². The number of aliphatic hydroxyl groups excluding tert-OH is 1. The first-order valence-electron chi connectivity index (χ1n) is 5.76. The molecule has 1 fully saturated rings. The number of primary amides is 1. The topological polar surface area (TPSA) is 143 Å². The molecule has 1 aliphatic rings. The second kappa shape index (κ2) is 5.41. The minimum Gasteiger partial charge on any atom is -0.382 e. The van der Waals surface area contributed by atoms with Gasteiger partial charge in [-0.05, 0) is 24.4 Å². The molecule has 1 unspecified atom stereocenters. The molecule has 0 radical (unpaired) electrons. The molecule has 1 atom stereocenters. The highest BCUT2D eigenvalue weighted by Gasteiger charge is 2.27. The van der Waals surface area contributed by atoms with Crippen LogP contribution >= 0.6 is 11.5 Å². The van der Waals surface area contributed by atoms with E-state index >= 15 is 0 Å². The number of nitrogens with two attached hydrogens (primary N) is 2. The van der Waals surface area contributed by atoms with Gasteiger partial charge in [0.15, 0.2) is 5.82 Å². The number of hydrogen-bond acceptors (Lipinski definition) is 7. The van der Waals surface area contributed by atoms with Crippen LogP contribution in [0.1, 0.15) is 23.2 Å². The van der Waals surface area contributed by atoms with Crippen LogP contribution in [0.4, 0.5) is 10.8 Å². The van der Waals surface area contributed by atoms with Gasteiger partial charge in [-0.3, -0.25) is 9.59 Å². The molecular weight excluding hydrogens is 270 g/mol. The molecule has 1 aromatic heterocycles. The molecular formula is C10H15N5O3S. The summed E-state index contributed by atoms with van der Waals surface area (Å²) in [5.41, 5.74) is 10.8. The summed E-state index contributed by atoms with van der Waals surface area (Å²) < 4.78 is 3.89. The predicted molar refractivity (Wildman–Crippen MR) is 70.7 cm³/mol. The minimum absolute atomic E-state index is 0.0966. The van der Waals surface area contributed by atoms with Gasteiger partial charge in [-0.2, -0.15) is 4.37 Å². The van der Waals surface area contributed by atoms with Crippen LogP contribution in [0, 0.1) is 0 Å². The van der Waals surface area contributed by atoms with Crippen molar-refractivity contribution in [3.63, 3.8) is 0 Å². The van der Waals surface area contributed by atoms with Crippen molar-refractivity contribution in [1.29, 1.82) is 0 Å². The Morgan fingerprint density at radius 2 is 2.21 bits per heavy atom. The monoisotopic (exact) mass is 285 g/mol. The summed E-state index contributed by atoms with van der Waals surface area (Å²) in [4.78, 5) is 22.7. The highest BCUT2D eigenvalue weighted by molar-refractivity contribution is 7.11. The zero-order valence-corrected chi connectivity index (χ0v) is 10.9. The van der Waals surface area contributed by atoms with E-state index in [-0.39, 0.29) is 29.9 Å². The predicted octanol–water partition coefficient (Wildman–Crippen LogP) is -1.12. The molecule has 104 valence electrons. The molecule has 1 heterocycles. The highest BCUT2D eigenvalue weighted by atomic mass is 32.1. The summed E-state index contributed by atoms with van der Waals surface area (Å²) in [6, 6.07) is 0.204. The zero-order chi connectivity index (χ0) is 14.0. The van der Waals surface area contributed by atoms with Gasteiger partial charge in [0, 0.05) is 6.04 Å². The molecule has 0 aromatic carbocycles. The van der Waals surface area contributed by atoms with Gasteiger partial charge < -0.3 is 27.2 Å². The lowest BCUT2D eigenvalue weighted by atomic mass is 10.2. The number of amides is 2. The summed E-state index contributed by atoms with van der Waals surface area (Å²) in [5.74, 6) is -1.02. The molecule has 7 N–H and O–H groups in total. The molecule has 1 aliphatic carbocycles. The lowest BCUT2D eigenvalue weighted by Gasteiger charge is -2.09. The first-order valence-corrected chi connectivity index (χ1v) is 6.53. The summed E-state index contributed by atoms with van der Waals surface area (Å²) in [5, 5.41) is 15.3. The van der Waals surface area contributed by atoms with Crippen LogP contribution in [0.25, 0.3) is 0 Å². The van der Waals surface area contributed by atoms with E-state index < -0.39 is 12.0 Å². The number of anilines is 2. The van der Waals surface area contributed by atoms with Crippen LogP contribution in [0.15, 0.2) is 0 Å². The van der Waals surface area contributed by atoms with Crippen molar-refractivity contribution in [2.24, 2.45) is 5.73 Å². The van der Waals surface area contributed by atoms with Crippen LogP contribution in [0.3, 0.4) is 0 Å². The third-order valence-corrected chi connectivity index (χ3v) is 3.46. The van der Waals surface area contributed by atoms with Crippen molar-refractivity contribution >= 4 is 34.2 Å². The highest BCUT2D eigenvalue weighted by Crippen LogP contribution is 2.28. The molecule has 0 spiro atoms. The number of nitrogens with zero attached hydrogens (tertiary/aromatic N) is 1. The molecule has 2 rings (SSSR count). The Kier molecular flexibility index (Phi) is 3.86. The Labute approximate surface area is 113 Å². The van der Waals surface area contributed by atoms with E-state index in [0.717, 1.165) is 24.4 Å². The fourth-order valence-corrected chi connectivity index (χ4v) is 2.14. The molecule has 0 saturated heterocycles. The lowest BCUT2D eigenvalue weighted by Crippen LogP contribution is -2.34. The molecule has 0 bridgehead atoms. The standard InChI is InChI=1S/C10H15N5O3S/c11-7-6(9(18)14-4-1-2-4)10(19-15-7)13-3-5(16)8(12)17/h4-5,13,16H,1-3H2,(H2,11,15)(H2,12,17)(H,14,18). The maximum atomic E-state index is 12.0. The van der Waals surface area contributed by atoms with Crippen molar-refractivity contribution < 1.29 is 14.7 Å². The van der Waals surface area contributed by atoms with E-state index in [9.17, 15) is 14.7 Å². The molecule has 2 amide bonds. The largest absolute Gasteiger partial charge is 0.382 e. The SMILES string of the molecule is NC(=O)C(O)CNc1snc(N)c1C(=O)NC1CC1. The van der Waals surface area contributed by atoms with E-state index in [1.165, 1.54) is 0 Å². The Morgan fingerprint density at radius 3 is 2.79 bits per heavy atom. The Morgan fingerprint density at radius 1 is 1.53 bits per heavy atom. The van der Waals surface area contributed by atoms with E-state index in [1.807, 2.05) is 0 Å². The smallest absolute Gasteiger partial charge is 0.258 e. The van der Waals surface area contributed by atoms with Gasteiger partial charge in [0.25, 0.3) is 5.91 Å². The fourth-order valence-electron chi connectivity index (χ4n) is 1.42. The quantitative estimate of drug-likeness (QED) is 0.447. The number of rotatable bonds is 6. The normalized spacial score (nSPS) is 15.8. The minimum atomic E-state index is -1.33. The second-order valence-corrected chi connectivity index (χ2v) is 5.09. The number of nitrogen functional groups attached to an aromatic ring is 1. The number of aliphatic hydroxyl groups is 1. The molecule has 1 aromatic rings. The van der Waals surface area contributed by atoms with Gasteiger partial charge in [0.2, 0.25) is 5.91 Å². The van der Waals surface area contributed by atoms with Crippen molar-refractivity contribution in [2.75, 3.05) is 17.6 Å². The zero-order valence-electron chi connectivity index (χ0n) is 10.0. The van der Waals surface area contributed by atoms with Crippen molar-refractivity contribution in [2.45, 2.75) is 25.0 Å². The number of carbonyl (C=O) groups excluding carboxylic acids is 2. The Balaban J connectivity index is 2.03. The maximum absolute atomic E-state index is 12.0. The number of nitrogens with one attached hydrogen (secondary N) is 2. The number of aromatic nitrogens is 1. The summed E-state index contributed by atoms with van der Waals surface area (Å²) in [7, 11) is 0. The van der Waals surface area contributed by atoms with Gasteiger partial charge >= 0.3 is 0 Å². The van der Waals surface area contributed by atoms with Crippen molar-refractivity contribution in [1.82, 2.24) is 9.69 Å². The number of hydrogen-bond donors (Lipinski definition) is 5. The van der Waals surface area contributed by atoms with E-state index in [1.54, 1.807) is 0 Å². The van der Waals surface area contributed by atoms with Crippen LogP contribution in [0.5, 0.6) is 0 Å². The first-order chi connectivity index (χ1) is 8.99. The van der Waals surface area contributed by atoms with E-state index in [4.69, 9.17) is 11.5 Å². The molecule has 8 nitrogen and oxygen atoms in total. The van der Waals surface area contributed by atoms with E-state index in [0.29, 0.717) is 5.00 Å². The fraction of sp³-hybridized carbons (Fsp3) is 0.500. The maximum Gasteiger partial charge on any atom is 0.258 e. The summed E-state index contributed by atoms with van der Waals surface area (Å²) in [6.07, 6.45) is 0.598. The summed E-state index contributed by atoms with van der Waals surface area (Å²) >= 11 is 0.996. The molecule has 9 heteroatoms. The summed E-state index contributed by atoms with van der Waals surface area (Å²) in [6.45, 7) is -0.0966. The molecule has 19 heavy (non-hydrogen) atoms. The lowest BCUT2D eigenvalue weighted by molar-refractivity contribution is -0.125. The van der Waals surface area contributed by atoms with E-state index in [2.05, 4.69) is 15.0 Å². The van der Waals surface area contributed by atoms with Gasteiger partial charge in [-0.15, -0.1) is 0 Å². The third kappa shape index (κ3) is 3.32. The van der Waals surface area contributed by atoms with Crippen LogP contribution in [-0.2, 0) is 4.79 Å². The van der Waals surface area contributed by atoms with Crippen LogP contribution in [0.2, 0.25) is 0 Å². The average molecular weight is 285 g/mol. The first kappa shape index (κ1) is 13.6. The average Bonchev–Trinajstić information content (AvgIpc) is 3.07. The van der Waals surface area contributed by atoms with Gasteiger partial charge in [0.05, 0.1) is 6.54 Å². The van der Waals surface area contributed by atoms with Crippen molar-refractivity contribution in [3.8, 4) is 0 Å². The van der Waals surface area contributed by atoms with Gasteiger partial charge in [-0.25, -0.2) is 0 Å². The Bertz CT molecular complexity index is 499. The molecule has 1 saturated carbocycles. The second-order valence-electron chi connectivity index (χ2n) is 4.32. The third-order valence-electron chi connectivity index (χ3n) is 2.64. The van der Waals surface area contributed by atoms with Crippen LogP contribution < -0.4 is 22.1 Å².